The van der Waals surface area contributed by atoms with Crippen LogP contribution >= 0.6 is 11.6 Å². The maximum Gasteiger partial charge on any atom is 0.263 e. The van der Waals surface area contributed by atoms with E-state index in [-0.39, 0.29) is 10.6 Å². The van der Waals surface area contributed by atoms with Crippen molar-refractivity contribution in [3.05, 3.63) is 85.9 Å². The van der Waals surface area contributed by atoms with Gasteiger partial charge in [0.15, 0.2) is 0 Å². The van der Waals surface area contributed by atoms with E-state index in [1.165, 1.54) is 15.7 Å². The molecule has 1 aliphatic carbocycles. The molecule has 0 atom stereocenters. The molecule has 2 heterocycles. The van der Waals surface area contributed by atoms with Crippen molar-refractivity contribution in [2.45, 2.75) is 39.5 Å². The van der Waals surface area contributed by atoms with Crippen LogP contribution in [0.4, 0.5) is 5.82 Å². The highest BCUT2D eigenvalue weighted by Gasteiger charge is 2.40. The second-order valence-corrected chi connectivity index (χ2v) is 9.49. The van der Waals surface area contributed by atoms with E-state index in [1.54, 1.807) is 18.2 Å². The van der Waals surface area contributed by atoms with Gasteiger partial charge in [0.2, 0.25) is 0 Å². The zero-order valence-electron chi connectivity index (χ0n) is 18.4. The fourth-order valence-electron chi connectivity index (χ4n) is 5.39. The van der Waals surface area contributed by atoms with Gasteiger partial charge in [-0.15, -0.1) is 0 Å². The van der Waals surface area contributed by atoms with Gasteiger partial charge in [-0.25, -0.2) is 4.98 Å². The van der Waals surface area contributed by atoms with Crippen LogP contribution in [0, 0.1) is 30.6 Å². The van der Waals surface area contributed by atoms with E-state index in [0.29, 0.717) is 28.1 Å². The number of fused-ring (bicyclic) bond motifs is 1. The summed E-state index contributed by atoms with van der Waals surface area (Å²) in [5, 5.41) is 9.57. The van der Waals surface area contributed by atoms with Crippen LogP contribution in [0.15, 0.2) is 47.3 Å². The number of aromatic nitrogens is 2. The molecule has 32 heavy (non-hydrogen) atoms. The summed E-state index contributed by atoms with van der Waals surface area (Å²) in [4.78, 5) is 20.5. The number of nitrogens with zero attached hydrogens (tertiary/aromatic N) is 4. The number of piperidine rings is 1. The van der Waals surface area contributed by atoms with Crippen LogP contribution in [-0.4, -0.2) is 22.6 Å². The summed E-state index contributed by atoms with van der Waals surface area (Å²) >= 11 is 6.42. The van der Waals surface area contributed by atoms with E-state index in [9.17, 15) is 10.1 Å². The Morgan fingerprint density at radius 1 is 1.03 bits per heavy atom. The summed E-state index contributed by atoms with van der Waals surface area (Å²) in [5.74, 6) is 1.34. The summed E-state index contributed by atoms with van der Waals surface area (Å²) in [7, 11) is 0. The lowest BCUT2D eigenvalue weighted by molar-refractivity contribution is 0.232. The number of hydrogen-bond donors (Lipinski definition) is 0. The van der Waals surface area contributed by atoms with Crippen LogP contribution in [0.25, 0.3) is 5.69 Å². The predicted molar refractivity (Wildman–Crippen MR) is 127 cm³/mol. The molecule has 1 fully saturated rings. The van der Waals surface area contributed by atoms with Crippen LogP contribution in [0.5, 0.6) is 0 Å². The van der Waals surface area contributed by atoms with Crippen LogP contribution < -0.4 is 10.5 Å². The smallest absolute Gasteiger partial charge is 0.263 e. The molecular weight excluding hydrogens is 420 g/mol. The highest BCUT2D eigenvalue weighted by atomic mass is 35.5. The minimum atomic E-state index is -0.141. The summed E-state index contributed by atoms with van der Waals surface area (Å²) in [6.45, 7) is 5.45. The first kappa shape index (κ1) is 20.8. The molecule has 0 amide bonds. The molecule has 1 aliphatic heterocycles. The van der Waals surface area contributed by atoms with Crippen molar-refractivity contribution in [1.82, 2.24) is 9.55 Å². The van der Waals surface area contributed by atoms with Gasteiger partial charge in [-0.2, -0.15) is 5.26 Å². The molecule has 3 aromatic rings. The first-order valence-electron chi connectivity index (χ1n) is 11.0. The predicted octanol–water partition coefficient (Wildman–Crippen LogP) is 4.76. The Labute approximate surface area is 192 Å². The van der Waals surface area contributed by atoms with Gasteiger partial charge in [-0.05, 0) is 68.2 Å². The fraction of sp³-hybridized carbons (Fsp3) is 0.346. The molecular formula is C26H25ClN4O. The Morgan fingerprint density at radius 3 is 2.31 bits per heavy atom. The van der Waals surface area contributed by atoms with Crippen molar-refractivity contribution < 1.29 is 0 Å². The summed E-state index contributed by atoms with van der Waals surface area (Å²) in [5.41, 5.74) is 4.63. The van der Waals surface area contributed by atoms with Crippen LogP contribution in [-0.2, 0) is 12.8 Å². The minimum Gasteiger partial charge on any atom is -0.356 e. The highest BCUT2D eigenvalue weighted by Crippen LogP contribution is 2.45. The molecule has 0 radical (unpaired) electrons. The number of hydrogen-bond acceptors (Lipinski definition) is 4. The second kappa shape index (κ2) is 7.79. The first-order valence-corrected chi connectivity index (χ1v) is 11.4. The van der Waals surface area contributed by atoms with Gasteiger partial charge in [0.1, 0.15) is 17.7 Å². The van der Waals surface area contributed by atoms with Crippen LogP contribution in [0.3, 0.4) is 0 Å². The van der Waals surface area contributed by atoms with Crippen molar-refractivity contribution in [3.63, 3.8) is 0 Å². The molecule has 0 N–H and O–H groups in total. The molecule has 1 spiro atoms. The lowest BCUT2D eigenvalue weighted by Gasteiger charge is -2.40. The number of nitriles is 1. The SMILES string of the molecule is Cc1c(N2CCC3(CC2)Cc2ccccc2C3)nc(C)n(-c2cccc(C#N)c2Cl)c1=O. The number of anilines is 1. The molecule has 2 aromatic carbocycles. The zero-order chi connectivity index (χ0) is 22.5. The monoisotopic (exact) mass is 444 g/mol. The lowest BCUT2D eigenvalue weighted by Crippen LogP contribution is -2.42. The van der Waals surface area contributed by atoms with Gasteiger partial charge in [-0.3, -0.25) is 9.36 Å². The number of halogens is 1. The largest absolute Gasteiger partial charge is 0.356 e. The third kappa shape index (κ3) is 3.30. The molecule has 6 heteroatoms. The Kier molecular flexibility index (Phi) is 5.06. The Balaban J connectivity index is 1.43. The van der Waals surface area contributed by atoms with Crippen molar-refractivity contribution in [3.8, 4) is 11.8 Å². The zero-order valence-corrected chi connectivity index (χ0v) is 19.1. The molecule has 2 aliphatic rings. The second-order valence-electron chi connectivity index (χ2n) is 9.11. The van der Waals surface area contributed by atoms with Gasteiger partial charge in [-0.1, -0.05) is 41.9 Å². The average molecular weight is 445 g/mol. The van der Waals surface area contributed by atoms with Gasteiger partial charge in [0.05, 0.1) is 21.8 Å². The topological polar surface area (TPSA) is 61.9 Å². The quantitative estimate of drug-likeness (QED) is 0.571. The van der Waals surface area contributed by atoms with Gasteiger partial charge in [0, 0.05) is 13.1 Å². The number of rotatable bonds is 2. The molecule has 0 saturated carbocycles. The standard InChI is InChI=1S/C26H25ClN4O/c1-17-24(29-18(2)31(25(17)32)22-9-5-8-21(16-28)23(22)27)30-12-10-26(11-13-30)14-19-6-3-4-7-20(19)15-26/h3-9H,10-15H2,1-2H3. The van der Waals surface area contributed by atoms with Crippen molar-refractivity contribution in [2.75, 3.05) is 18.0 Å². The van der Waals surface area contributed by atoms with Crippen LogP contribution in [0.2, 0.25) is 5.02 Å². The molecule has 0 bridgehead atoms. The van der Waals surface area contributed by atoms with E-state index in [4.69, 9.17) is 16.6 Å². The molecule has 1 saturated heterocycles. The van der Waals surface area contributed by atoms with Crippen molar-refractivity contribution in [2.24, 2.45) is 5.41 Å². The van der Waals surface area contributed by atoms with Gasteiger partial charge >= 0.3 is 0 Å². The molecule has 0 unspecified atom stereocenters. The third-order valence-electron chi connectivity index (χ3n) is 7.16. The van der Waals surface area contributed by atoms with E-state index in [0.717, 1.165) is 44.6 Å². The van der Waals surface area contributed by atoms with E-state index < -0.39 is 0 Å². The van der Waals surface area contributed by atoms with Crippen molar-refractivity contribution >= 4 is 17.4 Å². The average Bonchev–Trinajstić information content (AvgIpc) is 3.15. The van der Waals surface area contributed by atoms with E-state index in [2.05, 4.69) is 35.2 Å². The maximum absolute atomic E-state index is 13.4. The van der Waals surface area contributed by atoms with E-state index in [1.807, 2.05) is 13.8 Å². The van der Waals surface area contributed by atoms with Crippen molar-refractivity contribution in [1.29, 1.82) is 5.26 Å². The Hall–Kier alpha value is -3.10. The van der Waals surface area contributed by atoms with Crippen LogP contribution in [0.1, 0.15) is 40.9 Å². The Morgan fingerprint density at radius 2 is 1.69 bits per heavy atom. The third-order valence-corrected chi connectivity index (χ3v) is 7.56. The summed E-state index contributed by atoms with van der Waals surface area (Å²) < 4.78 is 1.51. The Bertz CT molecular complexity index is 1290. The molecule has 5 rings (SSSR count). The molecule has 162 valence electrons. The van der Waals surface area contributed by atoms with Gasteiger partial charge < -0.3 is 4.90 Å². The molecule has 5 nitrogen and oxygen atoms in total. The number of aryl methyl sites for hydroxylation is 1. The first-order chi connectivity index (χ1) is 15.4. The maximum atomic E-state index is 13.4. The number of benzene rings is 2. The fourth-order valence-corrected chi connectivity index (χ4v) is 5.64. The van der Waals surface area contributed by atoms with Gasteiger partial charge in [0.25, 0.3) is 5.56 Å². The normalized spacial score (nSPS) is 16.8. The summed E-state index contributed by atoms with van der Waals surface area (Å²) in [6.07, 6.45) is 4.50. The lowest BCUT2D eigenvalue weighted by atomic mass is 9.76. The highest BCUT2D eigenvalue weighted by molar-refractivity contribution is 6.33. The van der Waals surface area contributed by atoms with E-state index >= 15 is 0 Å². The minimum absolute atomic E-state index is 0.141. The summed E-state index contributed by atoms with van der Waals surface area (Å²) in [6, 6.07) is 16.0. The molecule has 1 aromatic heterocycles.